The van der Waals surface area contributed by atoms with Gasteiger partial charge in [-0.2, -0.15) is 5.26 Å². The van der Waals surface area contributed by atoms with Crippen LogP contribution in [0.25, 0.3) is 0 Å². The standard InChI is InChI=1S/C15H17N3O4S/c1-11(19)22-15(5-3-12(4-6-15)13(20)21-2)9-18-7-8-23-14(18)17-10-16/h3-5H,6-9H2,1-2H3. The third-order valence-electron chi connectivity index (χ3n) is 3.47. The smallest absolute Gasteiger partial charge is 0.337 e. The van der Waals surface area contributed by atoms with E-state index in [1.165, 1.54) is 25.8 Å². The maximum absolute atomic E-state index is 11.6. The Morgan fingerprint density at radius 2 is 2.35 bits per heavy atom. The molecule has 8 heteroatoms. The van der Waals surface area contributed by atoms with Crippen LogP contribution in [0.5, 0.6) is 0 Å². The molecule has 2 rings (SSSR count). The Labute approximate surface area is 138 Å². The van der Waals surface area contributed by atoms with E-state index in [0.717, 1.165) is 12.3 Å². The number of ether oxygens (including phenoxy) is 2. The van der Waals surface area contributed by atoms with E-state index in [-0.39, 0.29) is 0 Å². The minimum absolute atomic E-state index is 0.356. The number of hydrogen-bond acceptors (Lipinski definition) is 7. The Balaban J connectivity index is 2.19. The zero-order valence-electron chi connectivity index (χ0n) is 12.9. The van der Waals surface area contributed by atoms with Crippen LogP contribution in [0.15, 0.2) is 28.8 Å². The molecule has 0 aromatic carbocycles. The molecule has 23 heavy (non-hydrogen) atoms. The first-order valence-corrected chi connectivity index (χ1v) is 8.00. The van der Waals surface area contributed by atoms with Crippen molar-refractivity contribution in [1.29, 1.82) is 5.26 Å². The van der Waals surface area contributed by atoms with Crippen molar-refractivity contribution in [1.82, 2.24) is 4.90 Å². The van der Waals surface area contributed by atoms with Gasteiger partial charge in [0.25, 0.3) is 0 Å². The van der Waals surface area contributed by atoms with Crippen LogP contribution in [0.3, 0.4) is 0 Å². The molecule has 0 amide bonds. The monoisotopic (exact) mass is 335 g/mol. The summed E-state index contributed by atoms with van der Waals surface area (Å²) >= 11 is 1.49. The molecule has 1 atom stereocenters. The molecule has 0 aromatic rings. The lowest BCUT2D eigenvalue weighted by atomic mass is 9.91. The molecule has 1 heterocycles. The van der Waals surface area contributed by atoms with E-state index in [1.54, 1.807) is 24.4 Å². The van der Waals surface area contributed by atoms with Crippen molar-refractivity contribution in [2.24, 2.45) is 4.99 Å². The van der Waals surface area contributed by atoms with Crippen molar-refractivity contribution in [3.05, 3.63) is 23.8 Å². The highest BCUT2D eigenvalue weighted by molar-refractivity contribution is 8.14. The van der Waals surface area contributed by atoms with Gasteiger partial charge in [0.15, 0.2) is 10.8 Å². The quantitative estimate of drug-likeness (QED) is 0.563. The van der Waals surface area contributed by atoms with Crippen molar-refractivity contribution in [3.8, 4) is 6.19 Å². The summed E-state index contributed by atoms with van der Waals surface area (Å²) in [5.74, 6) is -0.0137. The van der Waals surface area contributed by atoms with Crippen LogP contribution in [-0.2, 0) is 19.1 Å². The van der Waals surface area contributed by atoms with Crippen molar-refractivity contribution in [3.63, 3.8) is 0 Å². The van der Waals surface area contributed by atoms with Crippen LogP contribution in [0.2, 0.25) is 0 Å². The number of amidine groups is 1. The lowest BCUT2D eigenvalue weighted by Gasteiger charge is -2.35. The molecule has 0 spiro atoms. The highest BCUT2D eigenvalue weighted by Gasteiger charge is 2.37. The number of hydrogen-bond donors (Lipinski definition) is 0. The Morgan fingerprint density at radius 3 is 2.91 bits per heavy atom. The fourth-order valence-corrected chi connectivity index (χ4v) is 3.43. The molecule has 0 bridgehead atoms. The first-order valence-electron chi connectivity index (χ1n) is 7.01. The number of thioether (sulfide) groups is 1. The van der Waals surface area contributed by atoms with Crippen LogP contribution in [0, 0.1) is 11.5 Å². The highest BCUT2D eigenvalue weighted by Crippen LogP contribution is 2.30. The van der Waals surface area contributed by atoms with Crippen LogP contribution in [0.4, 0.5) is 0 Å². The van der Waals surface area contributed by atoms with Gasteiger partial charge in [-0.15, -0.1) is 4.99 Å². The highest BCUT2D eigenvalue weighted by atomic mass is 32.2. The third kappa shape index (κ3) is 4.13. The van der Waals surface area contributed by atoms with Crippen molar-refractivity contribution >= 4 is 28.9 Å². The normalized spacial score (nSPS) is 25.0. The molecular formula is C15H17N3O4S. The molecule has 1 fully saturated rings. The van der Waals surface area contributed by atoms with Gasteiger partial charge in [0, 0.05) is 25.6 Å². The second-order valence-electron chi connectivity index (χ2n) is 5.11. The van der Waals surface area contributed by atoms with Gasteiger partial charge in [0.05, 0.1) is 19.2 Å². The van der Waals surface area contributed by atoms with Crippen molar-refractivity contribution in [2.45, 2.75) is 18.9 Å². The van der Waals surface area contributed by atoms with E-state index in [2.05, 4.69) is 9.73 Å². The molecule has 0 N–H and O–H groups in total. The van der Waals surface area contributed by atoms with Gasteiger partial charge in [0.2, 0.25) is 6.19 Å². The largest absolute Gasteiger partial charge is 0.465 e. The van der Waals surface area contributed by atoms with Crippen LogP contribution >= 0.6 is 11.8 Å². The van der Waals surface area contributed by atoms with E-state index < -0.39 is 17.5 Å². The zero-order valence-corrected chi connectivity index (χ0v) is 13.8. The van der Waals surface area contributed by atoms with E-state index in [1.807, 2.05) is 4.90 Å². The van der Waals surface area contributed by atoms with E-state index >= 15 is 0 Å². The number of carbonyl (C=O) groups excluding carboxylic acids is 2. The summed E-state index contributed by atoms with van der Waals surface area (Å²) in [6.45, 7) is 2.44. The summed E-state index contributed by atoms with van der Waals surface area (Å²) in [6, 6.07) is 0. The minimum Gasteiger partial charge on any atom is -0.465 e. The number of carbonyl (C=O) groups is 2. The number of methoxy groups -OCH3 is 1. The Kier molecular flexibility index (Phi) is 5.45. The second kappa shape index (κ2) is 7.33. The maximum atomic E-state index is 11.6. The number of esters is 2. The van der Waals surface area contributed by atoms with Crippen molar-refractivity contribution in [2.75, 3.05) is 26.0 Å². The first kappa shape index (κ1) is 17.1. The van der Waals surface area contributed by atoms with E-state index in [0.29, 0.717) is 23.7 Å². The molecule has 1 unspecified atom stereocenters. The fraction of sp³-hybridized carbons (Fsp3) is 0.467. The first-order chi connectivity index (χ1) is 11.0. The second-order valence-corrected chi connectivity index (χ2v) is 6.17. The number of nitrogens with zero attached hydrogens (tertiary/aromatic N) is 3. The third-order valence-corrected chi connectivity index (χ3v) is 4.46. The van der Waals surface area contributed by atoms with Crippen LogP contribution < -0.4 is 0 Å². The molecule has 1 aliphatic heterocycles. The fourth-order valence-electron chi connectivity index (χ4n) is 2.49. The van der Waals surface area contributed by atoms with Crippen LogP contribution in [-0.4, -0.2) is 53.6 Å². The number of nitriles is 1. The van der Waals surface area contributed by atoms with Crippen LogP contribution in [0.1, 0.15) is 13.3 Å². The molecule has 7 nitrogen and oxygen atoms in total. The summed E-state index contributed by atoms with van der Waals surface area (Å²) in [6.07, 6.45) is 7.14. The van der Waals surface area contributed by atoms with E-state index in [9.17, 15) is 9.59 Å². The van der Waals surface area contributed by atoms with Gasteiger partial charge in [-0.05, 0) is 12.2 Å². The number of rotatable bonds is 4. The molecule has 122 valence electrons. The average Bonchev–Trinajstić information content (AvgIpc) is 2.94. The van der Waals surface area contributed by atoms with Gasteiger partial charge >= 0.3 is 11.9 Å². The van der Waals surface area contributed by atoms with Gasteiger partial charge in [-0.3, -0.25) is 4.79 Å². The molecule has 2 aliphatic rings. The zero-order chi connectivity index (χ0) is 16.9. The molecular weight excluding hydrogens is 318 g/mol. The molecule has 0 saturated carbocycles. The summed E-state index contributed by atoms with van der Waals surface area (Å²) in [5.41, 5.74) is -0.457. The van der Waals surface area contributed by atoms with Gasteiger partial charge in [-0.25, -0.2) is 4.79 Å². The van der Waals surface area contributed by atoms with Gasteiger partial charge < -0.3 is 14.4 Å². The lowest BCUT2D eigenvalue weighted by molar-refractivity contribution is -0.153. The average molecular weight is 335 g/mol. The maximum Gasteiger partial charge on any atom is 0.337 e. The van der Waals surface area contributed by atoms with Crippen molar-refractivity contribution < 1.29 is 19.1 Å². The number of aliphatic imine (C=N–C) groups is 1. The summed E-state index contributed by atoms with van der Waals surface area (Å²) < 4.78 is 10.2. The van der Waals surface area contributed by atoms with Gasteiger partial charge in [0.1, 0.15) is 0 Å². The lowest BCUT2D eigenvalue weighted by Crippen LogP contribution is -2.46. The summed E-state index contributed by atoms with van der Waals surface area (Å²) in [5, 5.41) is 9.37. The van der Waals surface area contributed by atoms with Gasteiger partial charge in [-0.1, -0.05) is 17.8 Å². The van der Waals surface area contributed by atoms with E-state index in [4.69, 9.17) is 10.00 Å². The minimum atomic E-state index is -0.884. The topological polar surface area (TPSA) is 92.0 Å². The predicted octanol–water partition coefficient (Wildman–Crippen LogP) is 1.23. The Hall–Kier alpha value is -2.27. The molecule has 0 radical (unpaired) electrons. The molecule has 1 saturated heterocycles. The Bertz CT molecular complexity index is 635. The SMILES string of the molecule is COC(=O)C1=CCC(CN2CCSC2=NC#N)(OC(C)=O)C=C1. The predicted molar refractivity (Wildman–Crippen MR) is 85.4 cm³/mol. The summed E-state index contributed by atoms with van der Waals surface area (Å²) in [4.78, 5) is 28.8. The molecule has 1 aliphatic carbocycles. The molecule has 0 aromatic heterocycles. The summed E-state index contributed by atoms with van der Waals surface area (Å²) in [7, 11) is 1.32. The Morgan fingerprint density at radius 1 is 1.57 bits per heavy atom.